The molecule has 0 heterocycles. The summed E-state index contributed by atoms with van der Waals surface area (Å²) >= 11 is 0. The lowest BCUT2D eigenvalue weighted by atomic mass is 9.88. The molecule has 2 unspecified atom stereocenters. The Hall–Kier alpha value is -1.36. The van der Waals surface area contributed by atoms with E-state index < -0.39 is 19.0 Å². The van der Waals surface area contributed by atoms with E-state index in [4.69, 9.17) is 9.26 Å². The van der Waals surface area contributed by atoms with Crippen molar-refractivity contribution < 1.29 is 23.7 Å². The molecule has 4 atom stereocenters. The van der Waals surface area contributed by atoms with Crippen LogP contribution in [0.15, 0.2) is 18.2 Å². The highest BCUT2D eigenvalue weighted by atomic mass is 31.2. The molecule has 7 heteroatoms. The summed E-state index contributed by atoms with van der Waals surface area (Å²) < 4.78 is 25.6. The fourth-order valence-electron chi connectivity index (χ4n) is 4.27. The van der Waals surface area contributed by atoms with Gasteiger partial charge in [0, 0.05) is 7.11 Å². The van der Waals surface area contributed by atoms with Gasteiger partial charge in [-0.2, -0.15) is 0 Å². The maximum Gasteiger partial charge on any atom is 0.342 e. The fourth-order valence-corrected chi connectivity index (χ4v) is 6.34. The number of carboxylic acid groups (broad SMARTS) is 1. The minimum absolute atomic E-state index is 0.202. The molecule has 1 aromatic carbocycles. The molecule has 0 aliphatic heterocycles. The Morgan fingerprint density at radius 3 is 1.97 bits per heavy atom. The highest BCUT2D eigenvalue weighted by Crippen LogP contribution is 2.54. The lowest BCUT2D eigenvalue weighted by Crippen LogP contribution is -2.52. The molecule has 0 radical (unpaired) electrons. The van der Waals surface area contributed by atoms with Crippen LogP contribution in [0.1, 0.15) is 83.3 Å². The summed E-state index contributed by atoms with van der Waals surface area (Å²) in [4.78, 5) is 12.1. The quantitative estimate of drug-likeness (QED) is 0.380. The third-order valence-electron chi connectivity index (χ3n) is 7.25. The third kappa shape index (κ3) is 5.35. The summed E-state index contributed by atoms with van der Waals surface area (Å²) in [6.07, 6.45) is 4.58. The molecule has 31 heavy (non-hydrogen) atoms. The summed E-state index contributed by atoms with van der Waals surface area (Å²) in [5, 5.41) is 12.8. The molecule has 0 aromatic heterocycles. The predicted molar refractivity (Wildman–Crippen MR) is 123 cm³/mol. The SMILES string of the molecule is COCP(=O)(NC(C)(C(=O)O)C(C)C)Oc1c([C@H](C)C2CC2)cccc1[C@H](C)C1CC1. The largest absolute Gasteiger partial charge is 0.480 e. The molecule has 0 amide bonds. The summed E-state index contributed by atoms with van der Waals surface area (Å²) in [7, 11) is -2.22. The number of nitrogens with one attached hydrogen (secondary N) is 1. The van der Waals surface area contributed by atoms with Crippen molar-refractivity contribution in [2.45, 2.75) is 77.7 Å². The van der Waals surface area contributed by atoms with E-state index in [9.17, 15) is 14.5 Å². The number of rotatable bonds is 12. The standard InChI is InChI=1S/C24H38NO5P/c1-15(2)24(5,23(26)27)25-31(28,14-29-6)30-22-20(16(3)18-10-11-18)8-7-9-21(22)17(4)19-12-13-19/h7-9,15-19H,10-14H2,1-6H3,(H,25,28)(H,26,27)/t16-,17-,24?,31?/m1/s1. The predicted octanol–water partition coefficient (Wildman–Crippen LogP) is 5.98. The van der Waals surface area contributed by atoms with Crippen molar-refractivity contribution >= 4 is 13.5 Å². The van der Waals surface area contributed by atoms with Gasteiger partial charge in [-0.05, 0) is 73.3 Å². The van der Waals surface area contributed by atoms with Crippen LogP contribution in [0, 0.1) is 17.8 Å². The first-order chi connectivity index (χ1) is 14.5. The maximum absolute atomic E-state index is 14.0. The number of para-hydroxylation sites is 1. The van der Waals surface area contributed by atoms with Gasteiger partial charge in [-0.15, -0.1) is 0 Å². The Bertz CT molecular complexity index is 812. The summed E-state index contributed by atoms with van der Waals surface area (Å²) in [5.41, 5.74) is 0.715. The highest BCUT2D eigenvalue weighted by Gasteiger charge is 2.45. The van der Waals surface area contributed by atoms with Gasteiger partial charge in [0.25, 0.3) is 0 Å². The van der Waals surface area contributed by atoms with Gasteiger partial charge >= 0.3 is 13.5 Å². The van der Waals surface area contributed by atoms with Crippen molar-refractivity contribution in [3.63, 3.8) is 0 Å². The smallest absolute Gasteiger partial charge is 0.342 e. The number of carboxylic acids is 1. The van der Waals surface area contributed by atoms with E-state index in [1.165, 1.54) is 32.8 Å². The van der Waals surface area contributed by atoms with Crippen molar-refractivity contribution in [2.75, 3.05) is 13.5 Å². The summed E-state index contributed by atoms with van der Waals surface area (Å²) in [6.45, 7) is 9.55. The topological polar surface area (TPSA) is 84.9 Å². The van der Waals surface area contributed by atoms with Gasteiger partial charge in [0.2, 0.25) is 0 Å². The zero-order chi connectivity index (χ0) is 23.0. The van der Waals surface area contributed by atoms with Crippen LogP contribution in [0.4, 0.5) is 0 Å². The Morgan fingerprint density at radius 2 is 1.61 bits per heavy atom. The van der Waals surface area contributed by atoms with Crippen molar-refractivity contribution in [1.29, 1.82) is 0 Å². The first-order valence-electron chi connectivity index (χ1n) is 11.5. The average molecular weight is 452 g/mol. The van der Waals surface area contributed by atoms with E-state index in [2.05, 4.69) is 37.1 Å². The Balaban J connectivity index is 2.03. The van der Waals surface area contributed by atoms with Crippen molar-refractivity contribution in [3.05, 3.63) is 29.3 Å². The molecule has 1 aromatic rings. The number of aliphatic carboxylic acids is 1. The molecular weight excluding hydrogens is 413 g/mol. The fraction of sp³-hybridized carbons (Fsp3) is 0.708. The maximum atomic E-state index is 14.0. The number of benzene rings is 1. The van der Waals surface area contributed by atoms with E-state index in [0.717, 1.165) is 11.1 Å². The van der Waals surface area contributed by atoms with Gasteiger partial charge in [0.1, 0.15) is 17.6 Å². The molecule has 0 bridgehead atoms. The van der Waals surface area contributed by atoms with Crippen LogP contribution < -0.4 is 9.61 Å². The monoisotopic (exact) mass is 451 g/mol. The van der Waals surface area contributed by atoms with E-state index in [-0.39, 0.29) is 12.3 Å². The van der Waals surface area contributed by atoms with Crippen molar-refractivity contribution in [2.24, 2.45) is 17.8 Å². The molecule has 6 nitrogen and oxygen atoms in total. The second-order valence-corrected chi connectivity index (χ2v) is 12.0. The van der Waals surface area contributed by atoms with E-state index >= 15 is 0 Å². The van der Waals surface area contributed by atoms with Crippen molar-refractivity contribution in [3.8, 4) is 5.75 Å². The number of hydrogen-bond donors (Lipinski definition) is 2. The number of carbonyl (C=O) groups is 1. The normalized spacial score (nSPS) is 22.4. The number of ether oxygens (including phenoxy) is 1. The summed E-state index contributed by atoms with van der Waals surface area (Å²) in [6, 6.07) is 6.20. The minimum Gasteiger partial charge on any atom is -0.480 e. The zero-order valence-corrected chi connectivity index (χ0v) is 20.6. The molecule has 174 valence electrons. The highest BCUT2D eigenvalue weighted by molar-refractivity contribution is 7.57. The first-order valence-corrected chi connectivity index (χ1v) is 13.3. The first kappa shape index (κ1) is 24.3. The van der Waals surface area contributed by atoms with Crippen molar-refractivity contribution in [1.82, 2.24) is 5.09 Å². The molecule has 2 saturated carbocycles. The molecule has 2 fully saturated rings. The average Bonchev–Trinajstić information content (AvgIpc) is 3.59. The summed E-state index contributed by atoms with van der Waals surface area (Å²) in [5.74, 6) is 1.12. The molecular formula is C24H38NO5P. The van der Waals surface area contributed by atoms with E-state index in [1.807, 2.05) is 0 Å². The number of hydrogen-bond acceptors (Lipinski definition) is 4. The van der Waals surface area contributed by atoms with Crippen LogP contribution in [0.5, 0.6) is 5.75 Å². The molecule has 3 rings (SSSR count). The Kier molecular flexibility index (Phi) is 7.25. The second kappa shape index (κ2) is 9.25. The Labute approximate surface area is 186 Å². The lowest BCUT2D eigenvalue weighted by Gasteiger charge is -2.35. The van der Waals surface area contributed by atoms with Crippen LogP contribution in [0.3, 0.4) is 0 Å². The molecule has 2 aliphatic rings. The van der Waals surface area contributed by atoms with Crippen LogP contribution >= 0.6 is 7.52 Å². The Morgan fingerprint density at radius 1 is 1.13 bits per heavy atom. The number of methoxy groups -OCH3 is 1. The van der Waals surface area contributed by atoms with Gasteiger partial charge in [0.05, 0.1) is 0 Å². The van der Waals surface area contributed by atoms with Gasteiger partial charge in [-0.25, -0.2) is 5.09 Å². The van der Waals surface area contributed by atoms with Gasteiger partial charge in [0.15, 0.2) is 0 Å². The minimum atomic E-state index is -3.68. The van der Waals surface area contributed by atoms with Gasteiger partial charge in [-0.1, -0.05) is 45.9 Å². The van der Waals surface area contributed by atoms with E-state index in [0.29, 0.717) is 29.4 Å². The lowest BCUT2D eigenvalue weighted by molar-refractivity contribution is -0.145. The van der Waals surface area contributed by atoms with Crippen LogP contribution in [-0.4, -0.2) is 30.1 Å². The molecule has 2 aliphatic carbocycles. The zero-order valence-electron chi connectivity index (χ0n) is 19.7. The van der Waals surface area contributed by atoms with Crippen LogP contribution in [0.2, 0.25) is 0 Å². The molecule has 0 saturated heterocycles. The second-order valence-electron chi connectivity index (χ2n) is 9.97. The molecule has 2 N–H and O–H groups in total. The van der Waals surface area contributed by atoms with Crippen LogP contribution in [-0.2, 0) is 14.1 Å². The van der Waals surface area contributed by atoms with Gasteiger partial charge in [-0.3, -0.25) is 9.36 Å². The van der Waals surface area contributed by atoms with Gasteiger partial charge < -0.3 is 14.4 Å². The molecule has 0 spiro atoms. The third-order valence-corrected chi connectivity index (χ3v) is 9.14. The van der Waals surface area contributed by atoms with E-state index in [1.54, 1.807) is 20.8 Å². The van der Waals surface area contributed by atoms with Crippen LogP contribution in [0.25, 0.3) is 0 Å².